The van der Waals surface area contributed by atoms with E-state index in [2.05, 4.69) is 10.6 Å². The van der Waals surface area contributed by atoms with Gasteiger partial charge in [0.25, 0.3) is 5.91 Å². The smallest absolute Gasteiger partial charge is 0.255 e. The molecule has 0 spiro atoms. The summed E-state index contributed by atoms with van der Waals surface area (Å²) in [7, 11) is 0. The molecule has 1 aromatic carbocycles. The Morgan fingerprint density at radius 2 is 2.00 bits per heavy atom. The Balaban J connectivity index is 1.89. The van der Waals surface area contributed by atoms with Gasteiger partial charge in [-0.05, 0) is 52.0 Å². The van der Waals surface area contributed by atoms with E-state index in [9.17, 15) is 14.0 Å². The molecule has 0 saturated heterocycles. The van der Waals surface area contributed by atoms with Crippen molar-refractivity contribution in [1.82, 2.24) is 10.6 Å². The fourth-order valence-electron chi connectivity index (χ4n) is 2.71. The maximum Gasteiger partial charge on any atom is 0.255 e. The van der Waals surface area contributed by atoms with Gasteiger partial charge in [-0.2, -0.15) is 0 Å². The number of rotatable bonds is 8. The first-order chi connectivity index (χ1) is 13.1. The van der Waals surface area contributed by atoms with Gasteiger partial charge in [0, 0.05) is 36.5 Å². The molecule has 7 heteroatoms. The van der Waals surface area contributed by atoms with Gasteiger partial charge in [-0.3, -0.25) is 4.79 Å². The Labute approximate surface area is 164 Å². The number of carbonyl (C=O) groups is 1. The summed E-state index contributed by atoms with van der Waals surface area (Å²) in [5.41, 5.74) is -0.249. The van der Waals surface area contributed by atoms with E-state index in [0.29, 0.717) is 24.2 Å². The first kappa shape index (κ1) is 21.8. The zero-order valence-electron chi connectivity index (χ0n) is 16.7. The standard InChI is InChI=1S/C21H27FN2O4/c1-20(2,9-10-25)27-14-21(3,4)28-18-11-17(12-23-13-18)24-19(26)15-5-7-16(22)8-6-15/h5-9,12,18,23H,11,13-14H2,1-4H3,(H,24,26). The highest BCUT2D eigenvalue weighted by atomic mass is 19.1. The maximum atomic E-state index is 13.0. The molecule has 0 aliphatic carbocycles. The molecule has 2 N–H and O–H groups in total. The van der Waals surface area contributed by atoms with Crippen LogP contribution in [0.3, 0.4) is 0 Å². The van der Waals surface area contributed by atoms with E-state index >= 15 is 0 Å². The molecular weight excluding hydrogens is 363 g/mol. The molecule has 1 amide bonds. The van der Waals surface area contributed by atoms with Crippen molar-refractivity contribution < 1.29 is 23.5 Å². The molecule has 2 rings (SSSR count). The number of hydrogen-bond donors (Lipinski definition) is 2. The molecule has 0 saturated carbocycles. The number of carbonyl (C=O) groups excluding carboxylic acids is 2. The average molecular weight is 390 g/mol. The van der Waals surface area contributed by atoms with Crippen molar-refractivity contribution in [3.05, 3.63) is 53.6 Å². The van der Waals surface area contributed by atoms with E-state index < -0.39 is 11.2 Å². The highest BCUT2D eigenvalue weighted by molar-refractivity contribution is 5.95. The zero-order valence-corrected chi connectivity index (χ0v) is 16.7. The van der Waals surface area contributed by atoms with E-state index in [1.807, 2.05) is 13.8 Å². The zero-order chi connectivity index (χ0) is 20.8. The van der Waals surface area contributed by atoms with Gasteiger partial charge in [-0.25, -0.2) is 9.18 Å². The van der Waals surface area contributed by atoms with Gasteiger partial charge in [0.05, 0.1) is 23.9 Å². The lowest BCUT2D eigenvalue weighted by atomic mass is 10.1. The van der Waals surface area contributed by atoms with Gasteiger partial charge in [0.1, 0.15) is 11.8 Å². The van der Waals surface area contributed by atoms with Crippen LogP contribution in [-0.4, -0.2) is 42.3 Å². The van der Waals surface area contributed by atoms with E-state index in [0.717, 1.165) is 0 Å². The molecule has 0 aromatic heterocycles. The van der Waals surface area contributed by atoms with Crippen LogP contribution in [0.4, 0.5) is 4.39 Å². The lowest BCUT2D eigenvalue weighted by Crippen LogP contribution is -2.44. The number of hydrogen-bond acceptors (Lipinski definition) is 5. The molecular formula is C21H27FN2O4. The topological polar surface area (TPSA) is 76.7 Å². The van der Waals surface area contributed by atoms with Crippen LogP contribution in [0.15, 0.2) is 42.2 Å². The average Bonchev–Trinajstić information content (AvgIpc) is 2.61. The van der Waals surface area contributed by atoms with E-state index in [1.54, 1.807) is 26.0 Å². The van der Waals surface area contributed by atoms with Crippen molar-refractivity contribution >= 4 is 11.8 Å². The van der Waals surface area contributed by atoms with Gasteiger partial charge < -0.3 is 20.1 Å². The van der Waals surface area contributed by atoms with Crippen LogP contribution in [0.1, 0.15) is 44.5 Å². The van der Waals surface area contributed by atoms with Crippen molar-refractivity contribution in [3.8, 4) is 0 Å². The van der Waals surface area contributed by atoms with Crippen molar-refractivity contribution in [3.63, 3.8) is 0 Å². The molecule has 6 nitrogen and oxygen atoms in total. The first-order valence-electron chi connectivity index (χ1n) is 9.13. The van der Waals surface area contributed by atoms with Crippen LogP contribution in [0.2, 0.25) is 0 Å². The molecule has 152 valence electrons. The second-order valence-corrected chi connectivity index (χ2v) is 7.90. The molecule has 0 radical (unpaired) electrons. The van der Waals surface area contributed by atoms with Crippen LogP contribution in [0.25, 0.3) is 0 Å². The minimum Gasteiger partial charge on any atom is -0.387 e. The molecule has 1 unspecified atom stereocenters. The highest BCUT2D eigenvalue weighted by Gasteiger charge is 2.29. The van der Waals surface area contributed by atoms with Crippen LogP contribution >= 0.6 is 0 Å². The third-order valence-electron chi connectivity index (χ3n) is 4.13. The van der Waals surface area contributed by atoms with E-state index in [1.165, 1.54) is 30.3 Å². The molecule has 1 aliphatic heterocycles. The Morgan fingerprint density at radius 3 is 2.64 bits per heavy atom. The Hall–Kier alpha value is -2.47. The maximum absolute atomic E-state index is 13.0. The van der Waals surface area contributed by atoms with Gasteiger partial charge in [0.2, 0.25) is 0 Å². The summed E-state index contributed by atoms with van der Waals surface area (Å²) in [6, 6.07) is 5.37. The number of ether oxygens (including phenoxy) is 2. The first-order valence-corrected chi connectivity index (χ1v) is 9.13. The molecule has 1 aliphatic rings. The summed E-state index contributed by atoms with van der Waals surface area (Å²) in [5, 5.41) is 5.93. The van der Waals surface area contributed by atoms with Crippen LogP contribution in [-0.2, 0) is 14.3 Å². The Morgan fingerprint density at radius 1 is 1.32 bits per heavy atom. The van der Waals surface area contributed by atoms with E-state index in [4.69, 9.17) is 9.47 Å². The highest BCUT2D eigenvalue weighted by Crippen LogP contribution is 2.21. The second-order valence-electron chi connectivity index (χ2n) is 7.90. The van der Waals surface area contributed by atoms with Crippen LogP contribution in [0.5, 0.6) is 0 Å². The second kappa shape index (κ2) is 9.15. The molecule has 1 aromatic rings. The monoisotopic (exact) mass is 390 g/mol. The minimum atomic E-state index is -0.721. The van der Waals surface area contributed by atoms with Crippen molar-refractivity contribution in [2.45, 2.75) is 51.4 Å². The quantitative estimate of drug-likeness (QED) is 0.668. The third-order valence-corrected chi connectivity index (χ3v) is 4.13. The summed E-state index contributed by atoms with van der Waals surface area (Å²) >= 11 is 0. The SMILES string of the molecule is CC(C)(C=C=O)OCC(C)(C)OC1CNC=C(NC(=O)c2ccc(F)cc2)C1. The van der Waals surface area contributed by atoms with Crippen molar-refractivity contribution in [1.29, 1.82) is 0 Å². The van der Waals surface area contributed by atoms with Crippen molar-refractivity contribution in [2.24, 2.45) is 0 Å². The Kier molecular flexibility index (Phi) is 7.13. The van der Waals surface area contributed by atoms with Crippen LogP contribution < -0.4 is 10.6 Å². The summed E-state index contributed by atoms with van der Waals surface area (Å²) < 4.78 is 24.9. The largest absolute Gasteiger partial charge is 0.387 e. The van der Waals surface area contributed by atoms with E-state index in [-0.39, 0.29) is 24.4 Å². The van der Waals surface area contributed by atoms with Gasteiger partial charge >= 0.3 is 0 Å². The number of halogens is 1. The van der Waals surface area contributed by atoms with Crippen molar-refractivity contribution in [2.75, 3.05) is 13.2 Å². The van der Waals surface area contributed by atoms with Gasteiger partial charge in [0.15, 0.2) is 0 Å². The lowest BCUT2D eigenvalue weighted by Gasteiger charge is -2.35. The summed E-state index contributed by atoms with van der Waals surface area (Å²) in [4.78, 5) is 22.8. The Bertz CT molecular complexity index is 765. The molecule has 1 atom stereocenters. The molecule has 28 heavy (non-hydrogen) atoms. The predicted octanol–water partition coefficient (Wildman–Crippen LogP) is 2.74. The van der Waals surface area contributed by atoms with Gasteiger partial charge in [-0.15, -0.1) is 0 Å². The number of nitrogens with one attached hydrogen (secondary N) is 2. The lowest BCUT2D eigenvalue weighted by molar-refractivity contribution is -0.133. The predicted molar refractivity (Wildman–Crippen MR) is 104 cm³/mol. The van der Waals surface area contributed by atoms with Gasteiger partial charge in [-0.1, -0.05) is 0 Å². The minimum absolute atomic E-state index is 0.170. The summed E-state index contributed by atoms with van der Waals surface area (Å²) in [6.07, 6.45) is 3.41. The third kappa shape index (κ3) is 6.93. The molecule has 0 fully saturated rings. The fourth-order valence-corrected chi connectivity index (χ4v) is 2.71. The van der Waals surface area contributed by atoms with Crippen LogP contribution in [0, 0.1) is 5.82 Å². The normalized spacial score (nSPS) is 17.2. The summed E-state index contributed by atoms with van der Waals surface area (Å²) in [6.45, 7) is 8.25. The molecule has 0 bridgehead atoms. The fraction of sp³-hybridized carbons (Fsp3) is 0.476. The summed E-state index contributed by atoms with van der Waals surface area (Å²) in [5.74, 6) is 1.05. The number of benzene rings is 1. The molecule has 1 heterocycles. The number of amides is 1.